The third kappa shape index (κ3) is 4.36. The molecule has 0 spiro atoms. The fourth-order valence-corrected chi connectivity index (χ4v) is 4.17. The van der Waals surface area contributed by atoms with E-state index in [9.17, 15) is 9.36 Å². The average molecular weight is 375 g/mol. The fraction of sp³-hybridized carbons (Fsp3) is 0.467. The van der Waals surface area contributed by atoms with Gasteiger partial charge in [0.1, 0.15) is 5.65 Å². The number of pyridine rings is 1. The van der Waals surface area contributed by atoms with Crippen molar-refractivity contribution in [2.75, 3.05) is 19.8 Å². The van der Waals surface area contributed by atoms with E-state index in [0.717, 1.165) is 0 Å². The van der Waals surface area contributed by atoms with E-state index in [1.54, 1.807) is 37.3 Å². The van der Waals surface area contributed by atoms with Crippen LogP contribution >= 0.6 is 19.2 Å². The van der Waals surface area contributed by atoms with Gasteiger partial charge in [0.2, 0.25) is 0 Å². The Bertz CT molecular complexity index is 767. The van der Waals surface area contributed by atoms with Crippen molar-refractivity contribution < 1.29 is 23.1 Å². The van der Waals surface area contributed by atoms with Crippen molar-refractivity contribution >= 4 is 30.8 Å². The number of aromatic nitrogens is 2. The number of fused-ring (bicyclic) bond motifs is 1. The number of carbonyl (C=O) groups excluding carboxylic acids is 1. The van der Waals surface area contributed by atoms with Gasteiger partial charge in [0, 0.05) is 23.0 Å². The number of esters is 1. The van der Waals surface area contributed by atoms with E-state index in [1.807, 2.05) is 0 Å². The summed E-state index contributed by atoms with van der Waals surface area (Å²) in [6, 6.07) is 3.26. The van der Waals surface area contributed by atoms with Crippen LogP contribution in [0.5, 0.6) is 0 Å². The van der Waals surface area contributed by atoms with Crippen LogP contribution in [-0.2, 0) is 24.5 Å². The number of halogens is 1. The Balaban J connectivity index is 2.45. The second-order valence-electron chi connectivity index (χ2n) is 4.84. The highest BCUT2D eigenvalue weighted by Gasteiger charge is 2.26. The summed E-state index contributed by atoms with van der Waals surface area (Å²) < 4.78 is 30.0. The fourth-order valence-electron chi connectivity index (χ4n) is 2.27. The molecule has 0 N–H and O–H groups in total. The van der Waals surface area contributed by atoms with Gasteiger partial charge in [0.25, 0.3) is 0 Å². The summed E-state index contributed by atoms with van der Waals surface area (Å²) in [6.45, 7) is 5.99. The normalized spacial score (nSPS) is 11.8. The molecule has 0 aromatic carbocycles. The molecule has 0 unspecified atom stereocenters. The van der Waals surface area contributed by atoms with Crippen molar-refractivity contribution in [2.24, 2.45) is 0 Å². The maximum Gasteiger partial charge on any atom is 0.358 e. The van der Waals surface area contributed by atoms with E-state index >= 15 is 0 Å². The van der Waals surface area contributed by atoms with Gasteiger partial charge in [-0.2, -0.15) is 0 Å². The van der Waals surface area contributed by atoms with Gasteiger partial charge in [0.15, 0.2) is 5.69 Å². The summed E-state index contributed by atoms with van der Waals surface area (Å²) in [7, 11) is -3.32. The van der Waals surface area contributed by atoms with Crippen LogP contribution in [0.1, 0.15) is 37.0 Å². The number of carbonyl (C=O) groups is 1. The minimum atomic E-state index is -3.32. The van der Waals surface area contributed by atoms with Crippen molar-refractivity contribution in [1.29, 1.82) is 0 Å². The first-order chi connectivity index (χ1) is 11.4. The van der Waals surface area contributed by atoms with Gasteiger partial charge in [-0.05, 0) is 26.8 Å². The molecule has 0 bridgehead atoms. The third-order valence-electron chi connectivity index (χ3n) is 3.11. The van der Waals surface area contributed by atoms with Gasteiger partial charge in [-0.25, -0.2) is 9.78 Å². The standard InChI is InChI=1S/C15H20ClN2O5P/c1-4-21-15(19)13-9-18-12(7-11(16)8-14(18)17-13)10-24(20,22-5-2)23-6-3/h7-9H,4-6,10H2,1-3H3. The van der Waals surface area contributed by atoms with Crippen LogP contribution in [0.2, 0.25) is 5.02 Å². The minimum Gasteiger partial charge on any atom is -0.461 e. The number of nitrogens with zero attached hydrogens (tertiary/aromatic N) is 2. The molecule has 2 rings (SSSR count). The highest BCUT2D eigenvalue weighted by atomic mass is 35.5. The van der Waals surface area contributed by atoms with Gasteiger partial charge in [-0.15, -0.1) is 0 Å². The second kappa shape index (κ2) is 8.12. The van der Waals surface area contributed by atoms with E-state index < -0.39 is 13.6 Å². The topological polar surface area (TPSA) is 79.1 Å². The second-order valence-corrected chi connectivity index (χ2v) is 7.34. The van der Waals surface area contributed by atoms with Gasteiger partial charge in [0.05, 0.1) is 26.0 Å². The van der Waals surface area contributed by atoms with Crippen LogP contribution in [0.25, 0.3) is 5.65 Å². The maximum atomic E-state index is 12.8. The molecule has 0 fully saturated rings. The summed E-state index contributed by atoms with van der Waals surface area (Å²) in [6.07, 6.45) is 1.55. The SMILES string of the molecule is CCOC(=O)c1cn2c(CP(=O)(OCC)OCC)cc(Cl)cc2n1. The maximum absolute atomic E-state index is 12.8. The Morgan fingerprint density at radius 3 is 2.46 bits per heavy atom. The number of imidazole rings is 1. The monoisotopic (exact) mass is 374 g/mol. The van der Waals surface area contributed by atoms with Gasteiger partial charge in [-0.3, -0.25) is 4.57 Å². The Morgan fingerprint density at radius 1 is 1.21 bits per heavy atom. The zero-order valence-electron chi connectivity index (χ0n) is 13.8. The van der Waals surface area contributed by atoms with Crippen LogP contribution in [-0.4, -0.2) is 35.2 Å². The average Bonchev–Trinajstić information content (AvgIpc) is 2.92. The Morgan fingerprint density at radius 2 is 1.88 bits per heavy atom. The predicted molar refractivity (Wildman–Crippen MR) is 90.7 cm³/mol. The van der Waals surface area contributed by atoms with Crippen molar-refractivity contribution in [3.05, 3.63) is 34.7 Å². The molecule has 7 nitrogen and oxygen atoms in total. The van der Waals surface area contributed by atoms with Crippen LogP contribution in [0.4, 0.5) is 0 Å². The van der Waals surface area contributed by atoms with Crippen molar-refractivity contribution in [3.8, 4) is 0 Å². The predicted octanol–water partition coefficient (Wildman–Crippen LogP) is 3.93. The molecule has 0 radical (unpaired) electrons. The van der Waals surface area contributed by atoms with Crippen LogP contribution in [0.15, 0.2) is 18.3 Å². The van der Waals surface area contributed by atoms with E-state index in [4.69, 9.17) is 25.4 Å². The molecular formula is C15H20ClN2O5P. The van der Waals surface area contributed by atoms with E-state index in [1.165, 1.54) is 6.20 Å². The first-order valence-corrected chi connectivity index (χ1v) is 9.75. The molecule has 2 heterocycles. The molecule has 9 heteroatoms. The number of hydrogen-bond acceptors (Lipinski definition) is 6. The summed E-state index contributed by atoms with van der Waals surface area (Å²) in [5.41, 5.74) is 1.19. The molecule has 24 heavy (non-hydrogen) atoms. The van der Waals surface area contributed by atoms with Crippen molar-refractivity contribution in [2.45, 2.75) is 26.9 Å². The lowest BCUT2D eigenvalue weighted by Crippen LogP contribution is -2.05. The molecular weight excluding hydrogens is 355 g/mol. The molecule has 0 aliphatic carbocycles. The quantitative estimate of drug-likeness (QED) is 0.514. The molecule has 0 amide bonds. The molecule has 0 atom stereocenters. The molecule has 132 valence electrons. The number of ether oxygens (including phenoxy) is 1. The lowest BCUT2D eigenvalue weighted by atomic mass is 10.3. The molecule has 2 aromatic rings. The van der Waals surface area contributed by atoms with Gasteiger partial charge >= 0.3 is 13.6 Å². The van der Waals surface area contributed by atoms with Crippen LogP contribution in [0, 0.1) is 0 Å². The van der Waals surface area contributed by atoms with Gasteiger partial charge in [-0.1, -0.05) is 11.6 Å². The summed E-state index contributed by atoms with van der Waals surface area (Å²) >= 11 is 6.12. The summed E-state index contributed by atoms with van der Waals surface area (Å²) in [5, 5.41) is 0.415. The van der Waals surface area contributed by atoms with Crippen molar-refractivity contribution in [1.82, 2.24) is 9.38 Å². The molecule has 0 aliphatic rings. The zero-order chi connectivity index (χ0) is 17.7. The minimum absolute atomic E-state index is 0.0182. The Hall–Kier alpha value is -1.40. The largest absolute Gasteiger partial charge is 0.461 e. The smallest absolute Gasteiger partial charge is 0.358 e. The molecule has 0 saturated carbocycles. The summed E-state index contributed by atoms with van der Waals surface area (Å²) in [5.74, 6) is -0.527. The van der Waals surface area contributed by atoms with Crippen LogP contribution in [0.3, 0.4) is 0 Å². The lowest BCUT2D eigenvalue weighted by molar-refractivity contribution is 0.0520. The van der Waals surface area contributed by atoms with E-state index in [0.29, 0.717) is 16.4 Å². The van der Waals surface area contributed by atoms with E-state index in [-0.39, 0.29) is 31.7 Å². The van der Waals surface area contributed by atoms with Crippen molar-refractivity contribution in [3.63, 3.8) is 0 Å². The first kappa shape index (κ1) is 18.9. The highest BCUT2D eigenvalue weighted by molar-refractivity contribution is 7.53. The summed E-state index contributed by atoms with van der Waals surface area (Å²) in [4.78, 5) is 16.1. The number of rotatable bonds is 8. The Kier molecular flexibility index (Phi) is 6.40. The molecule has 0 saturated heterocycles. The molecule has 2 aromatic heterocycles. The lowest BCUT2D eigenvalue weighted by Gasteiger charge is -2.17. The van der Waals surface area contributed by atoms with Crippen LogP contribution < -0.4 is 0 Å². The van der Waals surface area contributed by atoms with Gasteiger partial charge < -0.3 is 18.2 Å². The Labute approximate surface area is 145 Å². The number of hydrogen-bond donors (Lipinski definition) is 0. The third-order valence-corrected chi connectivity index (χ3v) is 5.34. The zero-order valence-corrected chi connectivity index (χ0v) is 15.5. The van der Waals surface area contributed by atoms with E-state index in [2.05, 4.69) is 4.98 Å². The molecule has 0 aliphatic heterocycles. The highest BCUT2D eigenvalue weighted by Crippen LogP contribution is 2.51. The first-order valence-electron chi connectivity index (χ1n) is 7.65.